The summed E-state index contributed by atoms with van der Waals surface area (Å²) in [6.45, 7) is 6.75. The van der Waals surface area contributed by atoms with Gasteiger partial charge in [0.1, 0.15) is 30.5 Å². The van der Waals surface area contributed by atoms with E-state index in [1.54, 1.807) is 13.8 Å². The molecule has 0 spiro atoms. The van der Waals surface area contributed by atoms with Gasteiger partial charge in [-0.3, -0.25) is 29.3 Å². The summed E-state index contributed by atoms with van der Waals surface area (Å²) in [4.78, 5) is 82.1. The summed E-state index contributed by atoms with van der Waals surface area (Å²) < 4.78 is 0. The second kappa shape index (κ2) is 20.8. The average molecular weight is 654 g/mol. The molecular formula is C28H51N11O7. The third kappa shape index (κ3) is 15.7. The second-order valence-corrected chi connectivity index (χ2v) is 11.4. The van der Waals surface area contributed by atoms with Gasteiger partial charge in [0, 0.05) is 31.8 Å². The molecule has 0 bridgehead atoms. The van der Waals surface area contributed by atoms with Gasteiger partial charge in [-0.2, -0.15) is 0 Å². The number of nitrogens with two attached hydrogens (primary N) is 3. The molecule has 0 aromatic carbocycles. The molecule has 0 radical (unpaired) electrons. The SMILES string of the molecule is CC(=O)NCCCC[C@H](NC(=O)[C@H](C)NC(=O)[C@@H](N)Cc1cnc[nH]1)C(=O)N[C@@H](CCCNC(N)N)C(=O)N[C@H](C(=O)O)C(C)C. The van der Waals surface area contributed by atoms with E-state index in [9.17, 15) is 33.9 Å². The van der Waals surface area contributed by atoms with Gasteiger partial charge in [0.25, 0.3) is 0 Å². The molecule has 1 aromatic heterocycles. The van der Waals surface area contributed by atoms with E-state index in [1.807, 2.05) is 0 Å². The van der Waals surface area contributed by atoms with Crippen LogP contribution >= 0.6 is 0 Å². The van der Waals surface area contributed by atoms with Gasteiger partial charge in [0.2, 0.25) is 29.5 Å². The van der Waals surface area contributed by atoms with E-state index in [4.69, 9.17) is 17.2 Å². The maximum atomic E-state index is 13.5. The molecule has 18 heteroatoms. The first-order valence-corrected chi connectivity index (χ1v) is 15.3. The lowest BCUT2D eigenvalue weighted by Crippen LogP contribution is -2.58. The van der Waals surface area contributed by atoms with Crippen molar-refractivity contribution in [2.24, 2.45) is 23.1 Å². The number of carbonyl (C=O) groups is 6. The second-order valence-electron chi connectivity index (χ2n) is 11.4. The number of carbonyl (C=O) groups excluding carboxylic acids is 5. The van der Waals surface area contributed by atoms with Gasteiger partial charge in [-0.25, -0.2) is 9.78 Å². The molecule has 0 aliphatic rings. The van der Waals surface area contributed by atoms with Crippen LogP contribution in [0.3, 0.4) is 0 Å². The Morgan fingerprint density at radius 3 is 1.98 bits per heavy atom. The number of carboxylic acid groups (broad SMARTS) is 1. The number of nitrogens with zero attached hydrogens (tertiary/aromatic N) is 1. The first-order valence-electron chi connectivity index (χ1n) is 15.3. The van der Waals surface area contributed by atoms with E-state index >= 15 is 0 Å². The minimum Gasteiger partial charge on any atom is -0.480 e. The van der Waals surface area contributed by atoms with Crippen LogP contribution in [-0.2, 0) is 35.2 Å². The molecule has 5 atom stereocenters. The van der Waals surface area contributed by atoms with Gasteiger partial charge < -0.3 is 53.9 Å². The molecule has 1 aromatic rings. The number of aliphatic carboxylic acids is 1. The lowest BCUT2D eigenvalue weighted by atomic mass is 10.0. The highest BCUT2D eigenvalue weighted by molar-refractivity contribution is 5.95. The van der Waals surface area contributed by atoms with Gasteiger partial charge in [0.15, 0.2) is 0 Å². The fraction of sp³-hybridized carbons (Fsp3) is 0.679. The number of carboxylic acids is 1. The monoisotopic (exact) mass is 653 g/mol. The Kier molecular flexibility index (Phi) is 18.1. The van der Waals surface area contributed by atoms with Crippen LogP contribution in [0.5, 0.6) is 0 Å². The smallest absolute Gasteiger partial charge is 0.326 e. The Bertz CT molecular complexity index is 1130. The first-order chi connectivity index (χ1) is 21.6. The van der Waals surface area contributed by atoms with E-state index in [0.717, 1.165) is 0 Å². The van der Waals surface area contributed by atoms with E-state index < -0.39 is 72.0 Å². The summed E-state index contributed by atoms with van der Waals surface area (Å²) in [5, 5.41) is 25.3. The predicted molar refractivity (Wildman–Crippen MR) is 168 cm³/mol. The molecule has 0 aliphatic carbocycles. The number of imidazole rings is 1. The molecule has 18 nitrogen and oxygen atoms in total. The van der Waals surface area contributed by atoms with Crippen molar-refractivity contribution in [3.63, 3.8) is 0 Å². The van der Waals surface area contributed by atoms with Crippen molar-refractivity contribution in [3.8, 4) is 0 Å². The normalized spacial score (nSPS) is 14.5. The molecule has 0 aliphatic heterocycles. The topological polar surface area (TPSA) is 302 Å². The van der Waals surface area contributed by atoms with Crippen molar-refractivity contribution >= 4 is 35.5 Å². The Morgan fingerprint density at radius 2 is 1.43 bits per heavy atom. The number of hydrogen-bond donors (Lipinski definition) is 11. The molecule has 1 heterocycles. The van der Waals surface area contributed by atoms with Gasteiger partial charge in [-0.05, 0) is 51.5 Å². The van der Waals surface area contributed by atoms with Crippen LogP contribution in [0, 0.1) is 5.92 Å². The molecule has 0 unspecified atom stereocenters. The minimum atomic E-state index is -1.23. The zero-order chi connectivity index (χ0) is 34.8. The molecule has 14 N–H and O–H groups in total. The van der Waals surface area contributed by atoms with E-state index in [-0.39, 0.29) is 25.2 Å². The fourth-order valence-corrected chi connectivity index (χ4v) is 4.30. The van der Waals surface area contributed by atoms with Crippen molar-refractivity contribution < 1.29 is 33.9 Å². The van der Waals surface area contributed by atoms with Crippen molar-refractivity contribution in [2.75, 3.05) is 13.1 Å². The zero-order valence-corrected chi connectivity index (χ0v) is 26.9. The van der Waals surface area contributed by atoms with Crippen LogP contribution in [0.15, 0.2) is 12.5 Å². The van der Waals surface area contributed by atoms with Gasteiger partial charge in [-0.15, -0.1) is 0 Å². The summed E-state index contributed by atoms with van der Waals surface area (Å²) in [6, 6.07) is -5.51. The molecule has 260 valence electrons. The third-order valence-corrected chi connectivity index (χ3v) is 6.92. The molecule has 0 fully saturated rings. The van der Waals surface area contributed by atoms with Crippen molar-refractivity contribution in [1.82, 2.24) is 41.9 Å². The molecule has 0 saturated heterocycles. The van der Waals surface area contributed by atoms with Gasteiger partial charge >= 0.3 is 5.97 Å². The summed E-state index contributed by atoms with van der Waals surface area (Å²) in [5.74, 6) is -4.54. The summed E-state index contributed by atoms with van der Waals surface area (Å²) in [6.07, 6.45) is 3.85. The summed E-state index contributed by atoms with van der Waals surface area (Å²) in [7, 11) is 0. The molecule has 5 amide bonds. The number of aromatic nitrogens is 2. The van der Waals surface area contributed by atoms with E-state index in [0.29, 0.717) is 38.0 Å². The highest BCUT2D eigenvalue weighted by Gasteiger charge is 2.31. The van der Waals surface area contributed by atoms with Crippen LogP contribution < -0.4 is 49.1 Å². The van der Waals surface area contributed by atoms with Crippen molar-refractivity contribution in [2.45, 2.75) is 103 Å². The summed E-state index contributed by atoms with van der Waals surface area (Å²) in [5.41, 5.74) is 17.6. The Morgan fingerprint density at radius 1 is 0.826 bits per heavy atom. The summed E-state index contributed by atoms with van der Waals surface area (Å²) >= 11 is 0. The highest BCUT2D eigenvalue weighted by atomic mass is 16.4. The van der Waals surface area contributed by atoms with Crippen LogP contribution in [0.4, 0.5) is 0 Å². The van der Waals surface area contributed by atoms with Crippen molar-refractivity contribution in [1.29, 1.82) is 0 Å². The van der Waals surface area contributed by atoms with Crippen LogP contribution in [0.1, 0.15) is 65.5 Å². The molecule has 46 heavy (non-hydrogen) atoms. The lowest BCUT2D eigenvalue weighted by molar-refractivity contribution is -0.143. The zero-order valence-electron chi connectivity index (χ0n) is 26.9. The number of H-pyrrole nitrogens is 1. The Hall–Kier alpha value is -4.13. The van der Waals surface area contributed by atoms with Crippen LogP contribution in [0.2, 0.25) is 0 Å². The minimum absolute atomic E-state index is 0.103. The van der Waals surface area contributed by atoms with Crippen LogP contribution in [0.25, 0.3) is 0 Å². The Balaban J connectivity index is 3.04. The Labute approximate surface area is 268 Å². The van der Waals surface area contributed by atoms with Crippen LogP contribution in [-0.4, -0.2) is 100 Å². The maximum absolute atomic E-state index is 13.5. The molecule has 1 rings (SSSR count). The van der Waals surface area contributed by atoms with Gasteiger partial charge in [0.05, 0.1) is 12.4 Å². The lowest BCUT2D eigenvalue weighted by Gasteiger charge is -2.26. The fourth-order valence-electron chi connectivity index (χ4n) is 4.30. The first kappa shape index (κ1) is 39.9. The maximum Gasteiger partial charge on any atom is 0.326 e. The number of rotatable bonds is 22. The number of hydrogen-bond acceptors (Lipinski definition) is 11. The average Bonchev–Trinajstić information content (AvgIpc) is 3.48. The van der Waals surface area contributed by atoms with E-state index in [2.05, 4.69) is 41.9 Å². The third-order valence-electron chi connectivity index (χ3n) is 6.92. The van der Waals surface area contributed by atoms with Gasteiger partial charge in [-0.1, -0.05) is 13.8 Å². The molecule has 0 saturated carbocycles. The number of aromatic amines is 1. The molecular weight excluding hydrogens is 602 g/mol. The quantitative estimate of drug-likeness (QED) is 0.0437. The van der Waals surface area contributed by atoms with E-state index in [1.165, 1.54) is 26.4 Å². The number of amides is 5. The number of unbranched alkanes of at least 4 members (excludes halogenated alkanes) is 1. The number of nitrogens with one attached hydrogen (secondary N) is 7. The largest absolute Gasteiger partial charge is 0.480 e. The standard InChI is InChI=1S/C28H51N11O7/c1-15(2)22(27(45)46)39-26(44)21(9-7-11-34-28(30)31)38-25(43)20(8-5-6-10-33-17(4)40)37-23(41)16(3)36-24(42)19(29)12-18-13-32-14-35-18/h13-16,19-22,28,34H,5-12,29-31H2,1-4H3,(H,32,35)(H,33,40)(H,36,42)(H,37,41)(H,38,43)(H,39,44)(H,45,46)/t16-,19-,20-,21-,22-/m0/s1. The van der Waals surface area contributed by atoms with Crippen molar-refractivity contribution in [3.05, 3.63) is 18.2 Å². The predicted octanol–water partition coefficient (Wildman–Crippen LogP) is -3.14. The highest BCUT2D eigenvalue weighted by Crippen LogP contribution is 2.08.